The fourth-order valence-electron chi connectivity index (χ4n) is 2.78. The van der Waals surface area contributed by atoms with Crippen molar-refractivity contribution in [1.82, 2.24) is 4.57 Å². The van der Waals surface area contributed by atoms with Gasteiger partial charge in [0.2, 0.25) is 0 Å². The lowest BCUT2D eigenvalue weighted by Gasteiger charge is -2.09. The van der Waals surface area contributed by atoms with E-state index in [0.717, 1.165) is 28.9 Å². The topological polar surface area (TPSA) is 56.1 Å². The third-order valence-electron chi connectivity index (χ3n) is 3.91. The van der Waals surface area contributed by atoms with Crippen LogP contribution >= 0.6 is 11.3 Å². The highest BCUT2D eigenvalue weighted by Crippen LogP contribution is 2.24. The summed E-state index contributed by atoms with van der Waals surface area (Å²) < 4.78 is 1.99. The molecule has 0 radical (unpaired) electrons. The maximum absolute atomic E-state index is 12.3. The SMILES string of the molecule is O=C1CCCC1CCn1c(=O)sc2ccccc2c1=O. The molecular formula is C15H15NO3S. The smallest absolute Gasteiger partial charge is 0.299 e. The largest absolute Gasteiger partial charge is 0.310 e. The van der Waals surface area contributed by atoms with Crippen LogP contribution in [-0.2, 0) is 11.3 Å². The van der Waals surface area contributed by atoms with E-state index in [1.807, 2.05) is 6.07 Å². The minimum Gasteiger partial charge on any atom is -0.299 e. The molecule has 0 spiro atoms. The zero-order valence-corrected chi connectivity index (χ0v) is 11.8. The van der Waals surface area contributed by atoms with Gasteiger partial charge in [0.25, 0.3) is 5.56 Å². The molecule has 5 heteroatoms. The van der Waals surface area contributed by atoms with Crippen molar-refractivity contribution >= 4 is 27.2 Å². The summed E-state index contributed by atoms with van der Waals surface area (Å²) in [7, 11) is 0. The van der Waals surface area contributed by atoms with Gasteiger partial charge in [0.15, 0.2) is 0 Å². The van der Waals surface area contributed by atoms with Crippen LogP contribution in [0.4, 0.5) is 0 Å². The Morgan fingerprint density at radius 1 is 1.20 bits per heavy atom. The van der Waals surface area contributed by atoms with E-state index in [2.05, 4.69) is 0 Å². The van der Waals surface area contributed by atoms with Gasteiger partial charge in [-0.15, -0.1) is 0 Å². The molecule has 1 aromatic carbocycles. The van der Waals surface area contributed by atoms with Gasteiger partial charge < -0.3 is 0 Å². The van der Waals surface area contributed by atoms with Gasteiger partial charge in [-0.3, -0.25) is 19.0 Å². The van der Waals surface area contributed by atoms with Crippen molar-refractivity contribution in [3.8, 4) is 0 Å². The van der Waals surface area contributed by atoms with E-state index in [1.54, 1.807) is 18.2 Å². The third kappa shape index (κ3) is 2.33. The molecule has 1 saturated carbocycles. The van der Waals surface area contributed by atoms with E-state index in [-0.39, 0.29) is 22.1 Å². The maximum Gasteiger partial charge on any atom is 0.310 e. The Morgan fingerprint density at radius 2 is 2.00 bits per heavy atom. The molecule has 0 aliphatic heterocycles. The molecule has 3 rings (SSSR count). The van der Waals surface area contributed by atoms with Crippen molar-refractivity contribution in [2.45, 2.75) is 32.2 Å². The van der Waals surface area contributed by atoms with E-state index in [9.17, 15) is 14.4 Å². The van der Waals surface area contributed by atoms with Gasteiger partial charge in [-0.25, -0.2) is 0 Å². The van der Waals surface area contributed by atoms with Gasteiger partial charge in [-0.1, -0.05) is 23.5 Å². The molecule has 1 fully saturated rings. The Labute approximate surface area is 119 Å². The van der Waals surface area contributed by atoms with Gasteiger partial charge in [0.1, 0.15) is 5.78 Å². The van der Waals surface area contributed by atoms with Crippen LogP contribution in [0.2, 0.25) is 0 Å². The molecule has 1 unspecified atom stereocenters. The van der Waals surface area contributed by atoms with E-state index in [0.29, 0.717) is 24.8 Å². The predicted molar refractivity (Wildman–Crippen MR) is 79.3 cm³/mol. The van der Waals surface area contributed by atoms with Gasteiger partial charge in [-0.2, -0.15) is 0 Å². The number of carbonyl (C=O) groups is 1. The van der Waals surface area contributed by atoms with Gasteiger partial charge in [0.05, 0.1) is 5.39 Å². The minimum atomic E-state index is -0.241. The van der Waals surface area contributed by atoms with Gasteiger partial charge in [0, 0.05) is 23.6 Å². The van der Waals surface area contributed by atoms with Crippen molar-refractivity contribution in [2.24, 2.45) is 5.92 Å². The summed E-state index contributed by atoms with van der Waals surface area (Å²) in [6, 6.07) is 7.14. The molecule has 20 heavy (non-hydrogen) atoms. The number of hydrogen-bond donors (Lipinski definition) is 0. The summed E-state index contributed by atoms with van der Waals surface area (Å²) in [4.78, 5) is 35.7. The number of hydrogen-bond acceptors (Lipinski definition) is 4. The molecule has 0 amide bonds. The highest BCUT2D eigenvalue weighted by atomic mass is 32.1. The number of rotatable bonds is 3. The molecule has 0 saturated heterocycles. The maximum atomic E-state index is 12.3. The molecule has 1 heterocycles. The number of aromatic nitrogens is 1. The van der Waals surface area contributed by atoms with Crippen molar-refractivity contribution < 1.29 is 4.79 Å². The van der Waals surface area contributed by atoms with Crippen LogP contribution in [0.25, 0.3) is 10.1 Å². The van der Waals surface area contributed by atoms with Crippen molar-refractivity contribution in [3.05, 3.63) is 44.3 Å². The summed E-state index contributed by atoms with van der Waals surface area (Å²) in [5.74, 6) is 0.299. The normalized spacial score (nSPS) is 18.8. The van der Waals surface area contributed by atoms with Crippen LogP contribution in [0.5, 0.6) is 0 Å². The summed E-state index contributed by atoms with van der Waals surface area (Å²) in [6.07, 6.45) is 3.06. The average molecular weight is 289 g/mol. The first-order valence-corrected chi connectivity index (χ1v) is 7.64. The van der Waals surface area contributed by atoms with Crippen LogP contribution < -0.4 is 10.4 Å². The number of Topliss-reactive ketones (excluding diaryl/α,β-unsaturated/α-hetero) is 1. The lowest BCUT2D eigenvalue weighted by atomic mass is 10.0. The Kier molecular flexibility index (Phi) is 3.53. The molecular weight excluding hydrogens is 274 g/mol. The lowest BCUT2D eigenvalue weighted by molar-refractivity contribution is -0.120. The monoisotopic (exact) mass is 289 g/mol. The molecule has 104 valence electrons. The molecule has 1 aromatic heterocycles. The second-order valence-electron chi connectivity index (χ2n) is 5.17. The van der Waals surface area contributed by atoms with Crippen LogP contribution in [-0.4, -0.2) is 10.4 Å². The second-order valence-corrected chi connectivity index (χ2v) is 6.16. The zero-order chi connectivity index (χ0) is 14.1. The first-order valence-electron chi connectivity index (χ1n) is 6.82. The Bertz CT molecular complexity index is 775. The van der Waals surface area contributed by atoms with Crippen LogP contribution in [0, 0.1) is 5.92 Å². The van der Waals surface area contributed by atoms with Crippen LogP contribution in [0.15, 0.2) is 33.9 Å². The van der Waals surface area contributed by atoms with Crippen LogP contribution in [0.3, 0.4) is 0 Å². The highest BCUT2D eigenvalue weighted by molar-refractivity contribution is 7.16. The minimum absolute atomic E-state index is 0.0257. The fourth-order valence-corrected chi connectivity index (χ4v) is 3.67. The predicted octanol–water partition coefficient (Wildman–Crippen LogP) is 2.18. The summed E-state index contributed by atoms with van der Waals surface area (Å²) in [5.41, 5.74) is -0.241. The molecule has 4 nitrogen and oxygen atoms in total. The van der Waals surface area contributed by atoms with Crippen molar-refractivity contribution in [2.75, 3.05) is 0 Å². The number of fused-ring (bicyclic) bond motifs is 1. The molecule has 1 aliphatic rings. The number of carbonyl (C=O) groups excluding carboxylic acids is 1. The molecule has 0 bridgehead atoms. The van der Waals surface area contributed by atoms with E-state index >= 15 is 0 Å². The first-order chi connectivity index (χ1) is 9.66. The quantitative estimate of drug-likeness (QED) is 0.870. The molecule has 0 N–H and O–H groups in total. The van der Waals surface area contributed by atoms with Crippen LogP contribution in [0.1, 0.15) is 25.7 Å². The van der Waals surface area contributed by atoms with Gasteiger partial charge >= 0.3 is 4.87 Å². The average Bonchev–Trinajstić information content (AvgIpc) is 2.84. The van der Waals surface area contributed by atoms with E-state index in [4.69, 9.17) is 0 Å². The Hall–Kier alpha value is -1.75. The summed E-state index contributed by atoms with van der Waals surface area (Å²) in [5, 5.41) is 0.579. The first kappa shape index (κ1) is 13.2. The highest BCUT2D eigenvalue weighted by Gasteiger charge is 2.24. The summed E-state index contributed by atoms with van der Waals surface area (Å²) in [6.45, 7) is 0.343. The Morgan fingerprint density at radius 3 is 2.75 bits per heavy atom. The van der Waals surface area contributed by atoms with Crippen molar-refractivity contribution in [3.63, 3.8) is 0 Å². The second kappa shape index (κ2) is 5.32. The standard InChI is InChI=1S/C15H15NO3S/c17-12-6-3-4-10(12)8-9-16-14(18)11-5-1-2-7-13(11)20-15(16)19/h1-2,5,7,10H,3-4,6,8-9H2. The molecule has 1 aliphatic carbocycles. The zero-order valence-electron chi connectivity index (χ0n) is 11.0. The number of ketones is 1. The van der Waals surface area contributed by atoms with E-state index in [1.165, 1.54) is 4.57 Å². The van der Waals surface area contributed by atoms with E-state index < -0.39 is 0 Å². The number of benzene rings is 1. The number of nitrogens with zero attached hydrogens (tertiary/aromatic N) is 1. The molecule has 2 aromatic rings. The third-order valence-corrected chi connectivity index (χ3v) is 4.88. The van der Waals surface area contributed by atoms with Gasteiger partial charge in [-0.05, 0) is 31.4 Å². The lowest BCUT2D eigenvalue weighted by Crippen LogP contribution is -2.32. The molecule has 1 atom stereocenters. The van der Waals surface area contributed by atoms with Crippen molar-refractivity contribution in [1.29, 1.82) is 0 Å². The Balaban J connectivity index is 1.93. The summed E-state index contributed by atoms with van der Waals surface area (Å²) >= 11 is 1.09. The fraction of sp³-hybridized carbons (Fsp3) is 0.400.